The molecule has 0 spiro atoms. The normalized spacial score (nSPS) is 10.4. The second-order valence-corrected chi connectivity index (χ2v) is 4.69. The highest BCUT2D eigenvalue weighted by Gasteiger charge is 2.07. The van der Waals surface area contributed by atoms with Crippen molar-refractivity contribution in [3.63, 3.8) is 0 Å². The van der Waals surface area contributed by atoms with E-state index in [0.717, 1.165) is 10.0 Å². The monoisotopic (exact) mass is 309 g/mol. The van der Waals surface area contributed by atoms with Crippen molar-refractivity contribution in [2.75, 3.05) is 6.54 Å². The first-order valence-electron chi connectivity index (χ1n) is 5.61. The summed E-state index contributed by atoms with van der Waals surface area (Å²) in [6.45, 7) is 0.504. The fourth-order valence-corrected chi connectivity index (χ4v) is 1.96. The van der Waals surface area contributed by atoms with Gasteiger partial charge in [-0.2, -0.15) is 0 Å². The predicted molar refractivity (Wildman–Crippen MR) is 73.4 cm³/mol. The van der Waals surface area contributed by atoms with Crippen molar-refractivity contribution in [1.82, 2.24) is 0 Å². The zero-order chi connectivity index (χ0) is 13.0. The Labute approximate surface area is 114 Å². The lowest BCUT2D eigenvalue weighted by Crippen LogP contribution is -2.03. The number of hydrogen-bond acceptors (Lipinski definition) is 2. The minimum absolute atomic E-state index is 0.211. The average molecular weight is 310 g/mol. The maximum atomic E-state index is 13.8. The third kappa shape index (κ3) is 3.09. The molecule has 0 aromatic heterocycles. The van der Waals surface area contributed by atoms with Crippen molar-refractivity contribution in [1.29, 1.82) is 0 Å². The summed E-state index contributed by atoms with van der Waals surface area (Å²) in [5.41, 5.74) is 6.30. The molecule has 0 atom stereocenters. The zero-order valence-electron chi connectivity index (χ0n) is 9.70. The van der Waals surface area contributed by atoms with Gasteiger partial charge in [0.25, 0.3) is 0 Å². The standard InChI is InChI=1S/C14H13BrFNO/c15-11-3-1-2-4-13(11)18-14-6-5-10(7-8-17)9-12(14)16/h1-6,9H,7-8,17H2. The largest absolute Gasteiger partial charge is 0.453 e. The zero-order valence-corrected chi connectivity index (χ0v) is 11.3. The molecule has 0 saturated heterocycles. The van der Waals surface area contributed by atoms with Crippen molar-refractivity contribution in [2.24, 2.45) is 5.73 Å². The minimum atomic E-state index is -0.378. The van der Waals surface area contributed by atoms with Gasteiger partial charge in [0, 0.05) is 0 Å². The molecule has 94 valence electrons. The number of rotatable bonds is 4. The minimum Gasteiger partial charge on any atom is -0.453 e. The van der Waals surface area contributed by atoms with Gasteiger partial charge >= 0.3 is 0 Å². The summed E-state index contributed by atoms with van der Waals surface area (Å²) >= 11 is 3.35. The summed E-state index contributed by atoms with van der Waals surface area (Å²) in [6.07, 6.45) is 0.659. The van der Waals surface area contributed by atoms with Crippen LogP contribution in [0.4, 0.5) is 4.39 Å². The summed E-state index contributed by atoms with van der Waals surface area (Å²) in [4.78, 5) is 0. The Morgan fingerprint density at radius 2 is 1.89 bits per heavy atom. The number of benzene rings is 2. The first kappa shape index (κ1) is 13.1. The van der Waals surface area contributed by atoms with E-state index in [2.05, 4.69) is 15.9 Å². The maximum Gasteiger partial charge on any atom is 0.165 e. The fourth-order valence-electron chi connectivity index (χ4n) is 1.60. The Morgan fingerprint density at radius 1 is 1.11 bits per heavy atom. The summed E-state index contributed by atoms with van der Waals surface area (Å²) in [5, 5.41) is 0. The SMILES string of the molecule is NCCc1ccc(Oc2ccccc2Br)c(F)c1. The van der Waals surface area contributed by atoms with Crippen LogP contribution in [-0.2, 0) is 6.42 Å². The summed E-state index contributed by atoms with van der Waals surface area (Å²) in [6, 6.07) is 12.2. The van der Waals surface area contributed by atoms with E-state index < -0.39 is 0 Å². The summed E-state index contributed by atoms with van der Waals surface area (Å²) < 4.78 is 20.1. The van der Waals surface area contributed by atoms with Crippen molar-refractivity contribution in [3.8, 4) is 11.5 Å². The molecule has 0 aliphatic rings. The third-order valence-corrected chi connectivity index (χ3v) is 3.14. The van der Waals surface area contributed by atoms with Crippen LogP contribution in [0.15, 0.2) is 46.9 Å². The lowest BCUT2D eigenvalue weighted by molar-refractivity contribution is 0.439. The van der Waals surface area contributed by atoms with E-state index in [0.29, 0.717) is 18.7 Å². The van der Waals surface area contributed by atoms with Gasteiger partial charge in [0.05, 0.1) is 4.47 Å². The number of para-hydroxylation sites is 1. The van der Waals surface area contributed by atoms with Gasteiger partial charge in [0.15, 0.2) is 11.6 Å². The van der Waals surface area contributed by atoms with Crippen molar-refractivity contribution < 1.29 is 9.13 Å². The molecule has 0 saturated carbocycles. The van der Waals surface area contributed by atoms with Gasteiger partial charge in [-0.25, -0.2) is 4.39 Å². The molecule has 0 aliphatic carbocycles. The van der Waals surface area contributed by atoms with E-state index in [-0.39, 0.29) is 11.6 Å². The molecule has 0 radical (unpaired) electrons. The quantitative estimate of drug-likeness (QED) is 0.930. The molecule has 0 unspecified atom stereocenters. The number of halogens is 2. The molecule has 2 nitrogen and oxygen atoms in total. The van der Waals surface area contributed by atoms with Gasteiger partial charge in [-0.1, -0.05) is 18.2 Å². The first-order chi connectivity index (χ1) is 8.70. The molecule has 0 bridgehead atoms. The molecule has 2 aromatic carbocycles. The molecule has 0 aliphatic heterocycles. The van der Waals surface area contributed by atoms with E-state index in [1.165, 1.54) is 6.07 Å². The van der Waals surface area contributed by atoms with Crippen LogP contribution < -0.4 is 10.5 Å². The Kier molecular flexibility index (Phi) is 4.33. The molecular weight excluding hydrogens is 297 g/mol. The fraction of sp³-hybridized carbons (Fsp3) is 0.143. The topological polar surface area (TPSA) is 35.2 Å². The molecular formula is C14H13BrFNO. The van der Waals surface area contributed by atoms with E-state index in [1.54, 1.807) is 12.1 Å². The van der Waals surface area contributed by atoms with Gasteiger partial charge in [0.1, 0.15) is 5.75 Å². The number of nitrogens with two attached hydrogens (primary N) is 1. The lowest BCUT2D eigenvalue weighted by atomic mass is 10.1. The molecule has 2 N–H and O–H groups in total. The number of hydrogen-bond donors (Lipinski definition) is 1. The Hall–Kier alpha value is -1.39. The van der Waals surface area contributed by atoms with Crippen LogP contribution in [0.2, 0.25) is 0 Å². The Bertz CT molecular complexity index is 545. The highest BCUT2D eigenvalue weighted by molar-refractivity contribution is 9.10. The van der Waals surface area contributed by atoms with Crippen LogP contribution in [0, 0.1) is 5.82 Å². The van der Waals surface area contributed by atoms with Gasteiger partial charge in [0.2, 0.25) is 0 Å². The van der Waals surface area contributed by atoms with Gasteiger partial charge in [-0.15, -0.1) is 0 Å². The smallest absolute Gasteiger partial charge is 0.165 e. The van der Waals surface area contributed by atoms with Crippen LogP contribution >= 0.6 is 15.9 Å². The van der Waals surface area contributed by atoms with E-state index in [9.17, 15) is 4.39 Å². The van der Waals surface area contributed by atoms with Gasteiger partial charge < -0.3 is 10.5 Å². The molecule has 0 amide bonds. The van der Waals surface area contributed by atoms with Gasteiger partial charge in [-0.05, 0) is 58.7 Å². The van der Waals surface area contributed by atoms with Crippen LogP contribution in [0.5, 0.6) is 11.5 Å². The van der Waals surface area contributed by atoms with Crippen LogP contribution in [0.25, 0.3) is 0 Å². The van der Waals surface area contributed by atoms with E-state index in [4.69, 9.17) is 10.5 Å². The third-order valence-electron chi connectivity index (χ3n) is 2.49. The van der Waals surface area contributed by atoms with E-state index >= 15 is 0 Å². The molecule has 18 heavy (non-hydrogen) atoms. The molecule has 2 aromatic rings. The second kappa shape index (κ2) is 5.98. The Balaban J connectivity index is 2.22. The van der Waals surface area contributed by atoms with Crippen LogP contribution in [-0.4, -0.2) is 6.54 Å². The van der Waals surface area contributed by atoms with Crippen LogP contribution in [0.1, 0.15) is 5.56 Å². The lowest BCUT2D eigenvalue weighted by Gasteiger charge is -2.09. The summed E-state index contributed by atoms with van der Waals surface area (Å²) in [5.74, 6) is 0.419. The Morgan fingerprint density at radius 3 is 2.56 bits per heavy atom. The van der Waals surface area contributed by atoms with Crippen molar-refractivity contribution in [2.45, 2.75) is 6.42 Å². The molecule has 2 rings (SSSR count). The van der Waals surface area contributed by atoms with Crippen molar-refractivity contribution in [3.05, 3.63) is 58.3 Å². The van der Waals surface area contributed by atoms with E-state index in [1.807, 2.05) is 24.3 Å². The van der Waals surface area contributed by atoms with Crippen molar-refractivity contribution >= 4 is 15.9 Å². The van der Waals surface area contributed by atoms with Crippen LogP contribution in [0.3, 0.4) is 0 Å². The second-order valence-electron chi connectivity index (χ2n) is 3.84. The summed E-state index contributed by atoms with van der Waals surface area (Å²) in [7, 11) is 0. The first-order valence-corrected chi connectivity index (χ1v) is 6.41. The maximum absolute atomic E-state index is 13.8. The van der Waals surface area contributed by atoms with Gasteiger partial charge in [-0.3, -0.25) is 0 Å². The molecule has 0 heterocycles. The highest BCUT2D eigenvalue weighted by Crippen LogP contribution is 2.30. The molecule has 4 heteroatoms. The predicted octanol–water partition coefficient (Wildman–Crippen LogP) is 3.88. The average Bonchev–Trinajstić information content (AvgIpc) is 2.35. The highest BCUT2D eigenvalue weighted by atomic mass is 79.9. The molecule has 0 fully saturated rings. The number of ether oxygens (including phenoxy) is 1.